The van der Waals surface area contributed by atoms with E-state index in [-0.39, 0.29) is 17.9 Å². The summed E-state index contributed by atoms with van der Waals surface area (Å²) in [6.07, 6.45) is 1.06. The molecule has 0 aliphatic carbocycles. The van der Waals surface area contributed by atoms with Crippen molar-refractivity contribution in [1.82, 2.24) is 9.80 Å². The minimum absolute atomic E-state index is 0.0397. The van der Waals surface area contributed by atoms with Crippen LogP contribution in [0.2, 0.25) is 0 Å². The van der Waals surface area contributed by atoms with Crippen molar-refractivity contribution in [2.75, 3.05) is 37.6 Å². The molecule has 6 heteroatoms. The summed E-state index contributed by atoms with van der Waals surface area (Å²) in [6, 6.07) is 7.24. The van der Waals surface area contributed by atoms with Gasteiger partial charge in [0.1, 0.15) is 6.04 Å². The summed E-state index contributed by atoms with van der Waals surface area (Å²) >= 11 is 3.40. The largest absolute Gasteiger partial charge is 0.338 e. The first-order valence-corrected chi connectivity index (χ1v) is 8.98. The molecule has 0 spiro atoms. The van der Waals surface area contributed by atoms with E-state index in [9.17, 15) is 9.59 Å². The number of likely N-dealkylation sites (N-methyl/N-ethyl adjacent to an activating group) is 1. The van der Waals surface area contributed by atoms with Crippen LogP contribution in [0.1, 0.15) is 19.8 Å². The number of piperazine rings is 1. The van der Waals surface area contributed by atoms with E-state index in [1.807, 2.05) is 29.2 Å². The van der Waals surface area contributed by atoms with Gasteiger partial charge in [0, 0.05) is 42.8 Å². The van der Waals surface area contributed by atoms with Gasteiger partial charge in [-0.2, -0.15) is 0 Å². The van der Waals surface area contributed by atoms with Gasteiger partial charge in [0.05, 0.1) is 0 Å². The number of benzene rings is 1. The minimum atomic E-state index is -0.350. The van der Waals surface area contributed by atoms with Crippen molar-refractivity contribution in [2.24, 2.45) is 0 Å². The van der Waals surface area contributed by atoms with Crippen molar-refractivity contribution >= 4 is 33.4 Å². The molecule has 2 aliphatic heterocycles. The van der Waals surface area contributed by atoms with Crippen molar-refractivity contribution in [3.63, 3.8) is 0 Å². The minimum Gasteiger partial charge on any atom is -0.338 e. The SMILES string of the molecule is CCN1CCN(C(=O)C2CCC(=O)N2c2ccc(Br)cc2)CC1. The molecule has 2 fully saturated rings. The Morgan fingerprint density at radius 2 is 1.83 bits per heavy atom. The average molecular weight is 380 g/mol. The smallest absolute Gasteiger partial charge is 0.245 e. The Morgan fingerprint density at radius 1 is 1.17 bits per heavy atom. The predicted molar refractivity (Wildman–Crippen MR) is 93.3 cm³/mol. The molecule has 0 radical (unpaired) electrons. The molecule has 0 saturated carbocycles. The van der Waals surface area contributed by atoms with Crippen LogP contribution in [0, 0.1) is 0 Å². The van der Waals surface area contributed by atoms with E-state index in [4.69, 9.17) is 0 Å². The highest BCUT2D eigenvalue weighted by atomic mass is 79.9. The lowest BCUT2D eigenvalue weighted by Gasteiger charge is -2.36. The maximum Gasteiger partial charge on any atom is 0.245 e. The van der Waals surface area contributed by atoms with Crippen LogP contribution < -0.4 is 4.90 Å². The van der Waals surface area contributed by atoms with Gasteiger partial charge in [-0.3, -0.25) is 14.5 Å². The molecule has 0 bridgehead atoms. The molecule has 1 atom stereocenters. The summed E-state index contributed by atoms with van der Waals surface area (Å²) in [4.78, 5) is 31.1. The molecule has 23 heavy (non-hydrogen) atoms. The number of anilines is 1. The molecule has 2 amide bonds. The summed E-state index contributed by atoms with van der Waals surface area (Å²) in [6.45, 7) is 6.51. The topological polar surface area (TPSA) is 43.9 Å². The second-order valence-corrected chi connectivity index (χ2v) is 6.97. The van der Waals surface area contributed by atoms with E-state index in [0.717, 1.165) is 42.9 Å². The Balaban J connectivity index is 1.74. The molecule has 2 aliphatic rings. The third-order valence-electron chi connectivity index (χ3n) is 4.73. The molecular weight excluding hydrogens is 358 g/mol. The lowest BCUT2D eigenvalue weighted by atomic mass is 10.1. The highest BCUT2D eigenvalue weighted by molar-refractivity contribution is 9.10. The zero-order valence-electron chi connectivity index (χ0n) is 13.4. The molecule has 0 N–H and O–H groups in total. The summed E-state index contributed by atoms with van der Waals surface area (Å²) in [7, 11) is 0. The summed E-state index contributed by atoms with van der Waals surface area (Å²) in [5, 5.41) is 0. The monoisotopic (exact) mass is 379 g/mol. The van der Waals surface area contributed by atoms with Crippen LogP contribution in [0.5, 0.6) is 0 Å². The quantitative estimate of drug-likeness (QED) is 0.807. The Kier molecular flexibility index (Phi) is 5.02. The lowest BCUT2D eigenvalue weighted by molar-refractivity contribution is -0.134. The number of nitrogens with zero attached hydrogens (tertiary/aromatic N) is 3. The van der Waals surface area contributed by atoms with Crippen LogP contribution in [-0.4, -0.2) is 60.4 Å². The van der Waals surface area contributed by atoms with Gasteiger partial charge in [-0.1, -0.05) is 22.9 Å². The first kappa shape index (κ1) is 16.5. The molecule has 2 heterocycles. The maximum absolute atomic E-state index is 12.9. The highest BCUT2D eigenvalue weighted by Crippen LogP contribution is 2.29. The molecule has 3 rings (SSSR count). The van der Waals surface area contributed by atoms with E-state index in [0.29, 0.717) is 12.8 Å². The van der Waals surface area contributed by atoms with Gasteiger partial charge in [-0.05, 0) is 37.2 Å². The number of hydrogen-bond donors (Lipinski definition) is 0. The summed E-state index contributed by atoms with van der Waals surface area (Å²) in [5.74, 6) is 0.132. The zero-order chi connectivity index (χ0) is 16.4. The number of halogens is 1. The van der Waals surface area contributed by atoms with Crippen LogP contribution in [0.3, 0.4) is 0 Å². The van der Waals surface area contributed by atoms with Gasteiger partial charge >= 0.3 is 0 Å². The molecule has 124 valence electrons. The second-order valence-electron chi connectivity index (χ2n) is 6.05. The highest BCUT2D eigenvalue weighted by Gasteiger charge is 2.39. The summed E-state index contributed by atoms with van der Waals surface area (Å²) < 4.78 is 0.964. The van der Waals surface area contributed by atoms with Crippen molar-refractivity contribution in [3.05, 3.63) is 28.7 Å². The van der Waals surface area contributed by atoms with Crippen molar-refractivity contribution < 1.29 is 9.59 Å². The Bertz CT molecular complexity index is 582. The lowest BCUT2D eigenvalue weighted by Crippen LogP contribution is -2.54. The first-order valence-electron chi connectivity index (χ1n) is 8.19. The van der Waals surface area contributed by atoms with Crippen molar-refractivity contribution in [3.8, 4) is 0 Å². The van der Waals surface area contributed by atoms with Crippen LogP contribution in [0.15, 0.2) is 28.7 Å². The zero-order valence-corrected chi connectivity index (χ0v) is 15.0. The first-order chi connectivity index (χ1) is 11.1. The van der Waals surface area contributed by atoms with Gasteiger partial charge in [0.25, 0.3) is 0 Å². The Hall–Kier alpha value is -1.40. The normalized spacial score (nSPS) is 22.7. The number of hydrogen-bond acceptors (Lipinski definition) is 3. The third kappa shape index (κ3) is 3.43. The van der Waals surface area contributed by atoms with Crippen LogP contribution in [0.4, 0.5) is 5.69 Å². The van der Waals surface area contributed by atoms with E-state index in [1.54, 1.807) is 4.90 Å². The Labute approximate surface area is 145 Å². The average Bonchev–Trinajstić information content (AvgIpc) is 2.97. The van der Waals surface area contributed by atoms with E-state index < -0.39 is 0 Å². The van der Waals surface area contributed by atoms with Gasteiger partial charge in [0.15, 0.2) is 0 Å². The van der Waals surface area contributed by atoms with Gasteiger partial charge in [0.2, 0.25) is 11.8 Å². The second kappa shape index (κ2) is 7.01. The number of carbonyl (C=O) groups excluding carboxylic acids is 2. The fraction of sp³-hybridized carbons (Fsp3) is 0.529. The fourth-order valence-corrected chi connectivity index (χ4v) is 3.60. The number of amides is 2. The molecule has 1 aromatic carbocycles. The van der Waals surface area contributed by atoms with Crippen molar-refractivity contribution in [2.45, 2.75) is 25.8 Å². The van der Waals surface area contributed by atoms with Crippen LogP contribution in [-0.2, 0) is 9.59 Å². The maximum atomic E-state index is 12.9. The molecule has 0 aromatic heterocycles. The van der Waals surface area contributed by atoms with Crippen LogP contribution >= 0.6 is 15.9 Å². The Morgan fingerprint density at radius 3 is 2.43 bits per heavy atom. The fourth-order valence-electron chi connectivity index (χ4n) is 3.34. The van der Waals surface area contributed by atoms with E-state index >= 15 is 0 Å². The van der Waals surface area contributed by atoms with Gasteiger partial charge in [-0.15, -0.1) is 0 Å². The molecular formula is C17H22BrN3O2. The van der Waals surface area contributed by atoms with Crippen molar-refractivity contribution in [1.29, 1.82) is 0 Å². The molecule has 5 nitrogen and oxygen atoms in total. The third-order valence-corrected chi connectivity index (χ3v) is 5.26. The molecule has 1 unspecified atom stereocenters. The predicted octanol–water partition coefficient (Wildman–Crippen LogP) is 2.11. The van der Waals surface area contributed by atoms with Crippen LogP contribution in [0.25, 0.3) is 0 Å². The summed E-state index contributed by atoms with van der Waals surface area (Å²) in [5.41, 5.74) is 0.807. The van der Waals surface area contributed by atoms with E-state index in [1.165, 1.54) is 0 Å². The van der Waals surface area contributed by atoms with Gasteiger partial charge in [-0.25, -0.2) is 0 Å². The molecule has 1 aromatic rings. The van der Waals surface area contributed by atoms with E-state index in [2.05, 4.69) is 27.8 Å². The van der Waals surface area contributed by atoms with Gasteiger partial charge < -0.3 is 9.80 Å². The molecule has 2 saturated heterocycles. The number of rotatable bonds is 3. The number of carbonyl (C=O) groups is 2. The standard InChI is InChI=1S/C17H22BrN3O2/c1-2-19-9-11-20(12-10-19)17(23)15-7-8-16(22)21(15)14-5-3-13(18)4-6-14/h3-6,15H,2,7-12H2,1H3.